The highest BCUT2D eigenvalue weighted by atomic mass is 35.5. The third-order valence-corrected chi connectivity index (χ3v) is 9.27. The van der Waals surface area contributed by atoms with E-state index in [9.17, 15) is 18.0 Å². The Morgan fingerprint density at radius 3 is 2.27 bits per heavy atom. The molecule has 0 aromatic heterocycles. The van der Waals surface area contributed by atoms with E-state index in [-0.39, 0.29) is 29.1 Å². The van der Waals surface area contributed by atoms with Crippen LogP contribution in [0.4, 0.5) is 5.69 Å². The summed E-state index contributed by atoms with van der Waals surface area (Å²) in [5, 5.41) is 3.50. The van der Waals surface area contributed by atoms with E-state index in [1.54, 1.807) is 73.7 Å². The zero-order valence-electron chi connectivity index (χ0n) is 22.6. The van der Waals surface area contributed by atoms with Crippen molar-refractivity contribution in [3.63, 3.8) is 0 Å². The summed E-state index contributed by atoms with van der Waals surface area (Å²) in [5.41, 5.74) is 0.857. The maximum absolute atomic E-state index is 14.1. The van der Waals surface area contributed by atoms with Gasteiger partial charge in [0.15, 0.2) is 0 Å². The number of methoxy groups -OCH3 is 1. The first-order valence-corrected chi connectivity index (χ1v) is 15.1. The van der Waals surface area contributed by atoms with Gasteiger partial charge in [0.25, 0.3) is 10.0 Å². The van der Waals surface area contributed by atoms with Crippen molar-refractivity contribution in [3.05, 3.63) is 89.4 Å². The molecule has 212 valence electrons. The molecule has 0 spiro atoms. The lowest BCUT2D eigenvalue weighted by Crippen LogP contribution is -2.52. The first-order valence-electron chi connectivity index (χ1n) is 13.3. The molecule has 0 heterocycles. The molecule has 1 unspecified atom stereocenters. The summed E-state index contributed by atoms with van der Waals surface area (Å²) in [4.78, 5) is 28.8. The Hall–Kier alpha value is -3.56. The monoisotopic (exact) mass is 583 g/mol. The molecular weight excluding hydrogens is 550 g/mol. The molecule has 40 heavy (non-hydrogen) atoms. The van der Waals surface area contributed by atoms with Crippen LogP contribution in [-0.2, 0) is 26.2 Å². The van der Waals surface area contributed by atoms with Gasteiger partial charge in [-0.25, -0.2) is 8.42 Å². The number of rotatable bonds is 11. The average molecular weight is 584 g/mol. The fourth-order valence-electron chi connectivity index (χ4n) is 4.85. The Labute approximate surface area is 240 Å². The van der Waals surface area contributed by atoms with Crippen LogP contribution in [0.25, 0.3) is 0 Å². The van der Waals surface area contributed by atoms with E-state index in [1.165, 1.54) is 24.1 Å². The Balaban J connectivity index is 1.71. The second-order valence-electron chi connectivity index (χ2n) is 9.78. The van der Waals surface area contributed by atoms with Crippen LogP contribution in [0.5, 0.6) is 5.75 Å². The number of halogens is 1. The molecule has 3 aromatic rings. The molecule has 8 nitrogen and oxygen atoms in total. The molecule has 1 atom stereocenters. The van der Waals surface area contributed by atoms with Gasteiger partial charge in [-0.05, 0) is 55.7 Å². The number of hydrogen-bond acceptors (Lipinski definition) is 5. The summed E-state index contributed by atoms with van der Waals surface area (Å²) < 4.78 is 34.3. The molecule has 0 saturated heterocycles. The van der Waals surface area contributed by atoms with Crippen LogP contribution in [-0.4, -0.2) is 50.9 Å². The van der Waals surface area contributed by atoms with Crippen molar-refractivity contribution < 1.29 is 22.7 Å². The van der Waals surface area contributed by atoms with Gasteiger partial charge in [-0.2, -0.15) is 0 Å². The lowest BCUT2D eigenvalue weighted by Gasteiger charge is -2.33. The second kappa shape index (κ2) is 13.2. The van der Waals surface area contributed by atoms with Crippen molar-refractivity contribution in [2.24, 2.45) is 0 Å². The molecule has 10 heteroatoms. The van der Waals surface area contributed by atoms with Gasteiger partial charge in [-0.3, -0.25) is 13.9 Å². The van der Waals surface area contributed by atoms with Crippen LogP contribution in [0.15, 0.2) is 83.8 Å². The van der Waals surface area contributed by atoms with Crippen LogP contribution in [0, 0.1) is 0 Å². The zero-order chi connectivity index (χ0) is 28.7. The lowest BCUT2D eigenvalue weighted by atomic mass is 10.1. The van der Waals surface area contributed by atoms with Crippen molar-refractivity contribution in [2.75, 3.05) is 18.0 Å². The number of amides is 2. The quantitative estimate of drug-likeness (QED) is 0.342. The Bertz CT molecular complexity index is 1430. The number of benzene rings is 3. The van der Waals surface area contributed by atoms with Gasteiger partial charge in [0.05, 0.1) is 17.7 Å². The molecule has 4 rings (SSSR count). The minimum atomic E-state index is -4.18. The van der Waals surface area contributed by atoms with Crippen molar-refractivity contribution in [1.29, 1.82) is 0 Å². The van der Waals surface area contributed by atoms with E-state index in [0.717, 1.165) is 30.0 Å². The number of sulfonamides is 1. The minimum absolute atomic E-state index is 0.0263. The van der Waals surface area contributed by atoms with Crippen molar-refractivity contribution in [2.45, 2.75) is 56.1 Å². The molecule has 0 radical (unpaired) electrons. The predicted molar refractivity (Wildman–Crippen MR) is 156 cm³/mol. The van der Waals surface area contributed by atoms with Crippen LogP contribution in [0.1, 0.15) is 38.2 Å². The second-order valence-corrected chi connectivity index (χ2v) is 12.0. The van der Waals surface area contributed by atoms with Crippen molar-refractivity contribution in [1.82, 2.24) is 10.2 Å². The van der Waals surface area contributed by atoms with E-state index in [2.05, 4.69) is 5.32 Å². The maximum atomic E-state index is 14.1. The van der Waals surface area contributed by atoms with E-state index < -0.39 is 28.5 Å². The molecule has 0 bridgehead atoms. The normalized spacial score (nSPS) is 14.4. The van der Waals surface area contributed by atoms with Gasteiger partial charge in [0.1, 0.15) is 18.3 Å². The summed E-state index contributed by atoms with van der Waals surface area (Å²) in [6.07, 6.45) is 3.89. The summed E-state index contributed by atoms with van der Waals surface area (Å²) in [6.45, 7) is 1.13. The first kappa shape index (κ1) is 29.4. The molecule has 2 amide bonds. The molecule has 1 N–H and O–H groups in total. The van der Waals surface area contributed by atoms with Gasteiger partial charge >= 0.3 is 0 Å². The molecule has 1 saturated carbocycles. The Morgan fingerprint density at radius 2 is 1.60 bits per heavy atom. The van der Waals surface area contributed by atoms with Gasteiger partial charge in [-0.1, -0.05) is 73.0 Å². The highest BCUT2D eigenvalue weighted by Crippen LogP contribution is 2.32. The van der Waals surface area contributed by atoms with Crippen LogP contribution in [0.2, 0.25) is 5.02 Å². The van der Waals surface area contributed by atoms with Gasteiger partial charge in [-0.15, -0.1) is 0 Å². The standard InChI is InChI=1S/C30H34ClN3O5S/c1-22(30(36)32-24-13-7-8-14-24)33(20-23-12-6-9-17-26(23)31)29(35)21-34(27-18-10-11-19-28(27)39-2)40(37,38)25-15-4-3-5-16-25/h3-6,9-12,15-19,22,24H,7-8,13-14,20-21H2,1-2H3,(H,32,36). The molecule has 3 aromatic carbocycles. The summed E-state index contributed by atoms with van der Waals surface area (Å²) in [6, 6.07) is 20.8. The van der Waals surface area contributed by atoms with Crippen molar-refractivity contribution in [3.8, 4) is 5.75 Å². The fraction of sp³-hybridized carbons (Fsp3) is 0.333. The number of hydrogen-bond donors (Lipinski definition) is 1. The minimum Gasteiger partial charge on any atom is -0.495 e. The number of carbonyl (C=O) groups is 2. The number of para-hydroxylation sites is 2. The predicted octanol–water partition coefficient (Wildman–Crippen LogP) is 5.02. The Kier molecular flexibility index (Phi) is 9.71. The van der Waals surface area contributed by atoms with E-state index >= 15 is 0 Å². The number of carbonyl (C=O) groups excluding carboxylic acids is 2. The zero-order valence-corrected chi connectivity index (χ0v) is 24.2. The third-order valence-electron chi connectivity index (χ3n) is 7.13. The molecule has 1 fully saturated rings. The Morgan fingerprint density at radius 1 is 0.975 bits per heavy atom. The lowest BCUT2D eigenvalue weighted by molar-refractivity contribution is -0.139. The summed E-state index contributed by atoms with van der Waals surface area (Å²) in [5.74, 6) is -0.555. The number of nitrogens with zero attached hydrogens (tertiary/aromatic N) is 2. The van der Waals surface area contributed by atoms with E-state index in [0.29, 0.717) is 16.3 Å². The smallest absolute Gasteiger partial charge is 0.264 e. The summed E-state index contributed by atoms with van der Waals surface area (Å²) in [7, 11) is -2.74. The highest BCUT2D eigenvalue weighted by Gasteiger charge is 2.34. The first-order chi connectivity index (χ1) is 19.2. The van der Waals surface area contributed by atoms with E-state index in [4.69, 9.17) is 16.3 Å². The van der Waals surface area contributed by atoms with Crippen LogP contribution in [0.3, 0.4) is 0 Å². The largest absolute Gasteiger partial charge is 0.495 e. The molecule has 1 aliphatic carbocycles. The van der Waals surface area contributed by atoms with Crippen molar-refractivity contribution >= 4 is 39.1 Å². The molecule has 0 aliphatic heterocycles. The summed E-state index contributed by atoms with van der Waals surface area (Å²) >= 11 is 6.43. The topological polar surface area (TPSA) is 96.0 Å². The van der Waals surface area contributed by atoms with Gasteiger partial charge < -0.3 is 15.0 Å². The number of nitrogens with one attached hydrogen (secondary N) is 1. The number of anilines is 1. The van der Waals surface area contributed by atoms with Gasteiger partial charge in [0, 0.05) is 17.6 Å². The van der Waals surface area contributed by atoms with E-state index in [1.807, 2.05) is 0 Å². The highest BCUT2D eigenvalue weighted by molar-refractivity contribution is 7.92. The fourth-order valence-corrected chi connectivity index (χ4v) is 6.49. The van der Waals surface area contributed by atoms with Crippen LogP contribution < -0.4 is 14.4 Å². The van der Waals surface area contributed by atoms with Gasteiger partial charge in [0.2, 0.25) is 11.8 Å². The number of ether oxygens (including phenoxy) is 1. The van der Waals surface area contributed by atoms with Crippen LogP contribution >= 0.6 is 11.6 Å². The average Bonchev–Trinajstić information content (AvgIpc) is 3.48. The third kappa shape index (κ3) is 6.77. The SMILES string of the molecule is COc1ccccc1N(CC(=O)N(Cc1ccccc1Cl)C(C)C(=O)NC1CCCC1)S(=O)(=O)c1ccccc1. The maximum Gasteiger partial charge on any atom is 0.264 e. The molecule has 1 aliphatic rings. The molecular formula is C30H34ClN3O5S.